The van der Waals surface area contributed by atoms with Crippen molar-refractivity contribution in [2.24, 2.45) is 10.9 Å². The van der Waals surface area contributed by atoms with E-state index >= 15 is 0 Å². The second-order valence-electron chi connectivity index (χ2n) is 5.17. The Bertz CT molecular complexity index is 993. The van der Waals surface area contributed by atoms with Gasteiger partial charge >= 0.3 is 5.97 Å². The summed E-state index contributed by atoms with van der Waals surface area (Å²) in [5.41, 5.74) is 7.22. The Morgan fingerprint density at radius 1 is 1.31 bits per heavy atom. The maximum Gasteiger partial charge on any atom is 0.384 e. The molecule has 2 N–H and O–H groups in total. The Labute approximate surface area is 162 Å². The topological polar surface area (TPSA) is 104 Å². The van der Waals surface area contributed by atoms with E-state index in [0.29, 0.717) is 32.6 Å². The SMILES string of the molecule is Cc1nc(C(=O)ON=C(N)c2c(-c3c(Cl)cccc3Cl)noc2C)cs1. The van der Waals surface area contributed by atoms with Crippen LogP contribution in [0.25, 0.3) is 11.3 Å². The number of oxime groups is 1. The van der Waals surface area contributed by atoms with Gasteiger partial charge < -0.3 is 15.1 Å². The number of hydrogen-bond acceptors (Lipinski definition) is 7. The summed E-state index contributed by atoms with van der Waals surface area (Å²) in [5, 5.41) is 10.7. The first-order valence-electron chi connectivity index (χ1n) is 7.26. The van der Waals surface area contributed by atoms with Crippen LogP contribution in [-0.4, -0.2) is 21.9 Å². The number of carbonyl (C=O) groups is 1. The highest BCUT2D eigenvalue weighted by Gasteiger charge is 2.23. The van der Waals surface area contributed by atoms with Gasteiger partial charge in [0.25, 0.3) is 0 Å². The van der Waals surface area contributed by atoms with E-state index in [1.54, 1.807) is 37.4 Å². The van der Waals surface area contributed by atoms with Crippen molar-refractivity contribution in [1.82, 2.24) is 10.1 Å². The first kappa shape index (κ1) is 18.4. The minimum atomic E-state index is -0.719. The molecule has 1 aromatic carbocycles. The van der Waals surface area contributed by atoms with Gasteiger partial charge in [-0.2, -0.15) is 0 Å². The van der Waals surface area contributed by atoms with E-state index in [9.17, 15) is 4.79 Å². The molecule has 0 atom stereocenters. The number of aryl methyl sites for hydroxylation is 2. The summed E-state index contributed by atoms with van der Waals surface area (Å²) in [7, 11) is 0. The third-order valence-electron chi connectivity index (χ3n) is 3.37. The molecule has 26 heavy (non-hydrogen) atoms. The van der Waals surface area contributed by atoms with Crippen LogP contribution in [0, 0.1) is 13.8 Å². The molecule has 0 saturated heterocycles. The molecule has 0 bridgehead atoms. The number of nitrogens with zero attached hydrogens (tertiary/aromatic N) is 3. The highest BCUT2D eigenvalue weighted by molar-refractivity contribution is 7.09. The first-order chi connectivity index (χ1) is 12.4. The van der Waals surface area contributed by atoms with Crippen molar-refractivity contribution in [2.45, 2.75) is 13.8 Å². The van der Waals surface area contributed by atoms with Gasteiger partial charge in [-0.25, -0.2) is 9.78 Å². The van der Waals surface area contributed by atoms with Gasteiger partial charge in [0, 0.05) is 10.9 Å². The molecule has 0 aliphatic carbocycles. The molecule has 0 aliphatic rings. The number of aromatic nitrogens is 2. The van der Waals surface area contributed by atoms with E-state index < -0.39 is 5.97 Å². The maximum absolute atomic E-state index is 12.0. The second-order valence-corrected chi connectivity index (χ2v) is 7.04. The Hall–Kier alpha value is -2.42. The molecule has 7 nitrogen and oxygen atoms in total. The van der Waals surface area contributed by atoms with Crippen molar-refractivity contribution in [2.75, 3.05) is 0 Å². The molecule has 0 aliphatic heterocycles. The minimum Gasteiger partial charge on any atom is -0.380 e. The molecular weight excluding hydrogens is 399 g/mol. The number of thiazole rings is 1. The molecule has 3 aromatic rings. The van der Waals surface area contributed by atoms with Gasteiger partial charge in [0.2, 0.25) is 0 Å². The van der Waals surface area contributed by atoms with Crippen LogP contribution in [0.3, 0.4) is 0 Å². The van der Waals surface area contributed by atoms with Crippen molar-refractivity contribution in [3.63, 3.8) is 0 Å². The van der Waals surface area contributed by atoms with Crippen LogP contribution in [0.4, 0.5) is 0 Å². The average Bonchev–Trinajstić information content (AvgIpc) is 3.18. The number of amidine groups is 1. The lowest BCUT2D eigenvalue weighted by Gasteiger charge is -2.06. The van der Waals surface area contributed by atoms with Gasteiger partial charge in [-0.1, -0.05) is 39.6 Å². The number of benzene rings is 1. The van der Waals surface area contributed by atoms with Gasteiger partial charge in [-0.05, 0) is 26.0 Å². The van der Waals surface area contributed by atoms with E-state index in [1.165, 1.54) is 11.3 Å². The molecule has 2 heterocycles. The molecule has 0 saturated carbocycles. The molecule has 10 heteroatoms. The Balaban J connectivity index is 1.94. The second kappa shape index (κ2) is 7.45. The quantitative estimate of drug-likeness (QED) is 0.299. The van der Waals surface area contributed by atoms with Crippen LogP contribution in [0.2, 0.25) is 10.0 Å². The standard InChI is InChI=1S/C16H12Cl2N4O3S/c1-7-12(14(21-24-7)13-9(17)4-3-5-10(13)18)15(19)22-25-16(23)11-6-26-8(2)20-11/h3-6H,1-2H3,(H2,19,22). The van der Waals surface area contributed by atoms with Gasteiger partial charge in [0.1, 0.15) is 11.5 Å². The Morgan fingerprint density at radius 3 is 2.62 bits per heavy atom. The van der Waals surface area contributed by atoms with Crippen LogP contribution in [0.5, 0.6) is 0 Å². The van der Waals surface area contributed by atoms with Gasteiger partial charge in [0.05, 0.1) is 20.6 Å². The fourth-order valence-electron chi connectivity index (χ4n) is 2.21. The van der Waals surface area contributed by atoms with Crippen molar-refractivity contribution in [3.05, 3.63) is 55.6 Å². The third kappa shape index (κ3) is 3.57. The maximum atomic E-state index is 12.0. The number of hydrogen-bond donors (Lipinski definition) is 1. The smallest absolute Gasteiger partial charge is 0.380 e. The predicted octanol–water partition coefficient (Wildman–Crippen LogP) is 4.20. The van der Waals surface area contributed by atoms with E-state index in [2.05, 4.69) is 15.3 Å². The summed E-state index contributed by atoms with van der Waals surface area (Å²) in [5.74, 6) is -0.448. The summed E-state index contributed by atoms with van der Waals surface area (Å²) in [4.78, 5) is 20.8. The molecule has 0 spiro atoms. The van der Waals surface area contributed by atoms with E-state index in [0.717, 1.165) is 5.01 Å². The van der Waals surface area contributed by atoms with Crippen molar-refractivity contribution >= 4 is 46.3 Å². The summed E-state index contributed by atoms with van der Waals surface area (Å²) >= 11 is 13.8. The van der Waals surface area contributed by atoms with Gasteiger partial charge in [0.15, 0.2) is 11.5 Å². The molecule has 0 amide bonds. The predicted molar refractivity (Wildman–Crippen MR) is 99.7 cm³/mol. The third-order valence-corrected chi connectivity index (χ3v) is 4.78. The Morgan fingerprint density at radius 2 is 2.00 bits per heavy atom. The fourth-order valence-corrected chi connectivity index (χ4v) is 3.37. The van der Waals surface area contributed by atoms with Crippen LogP contribution < -0.4 is 5.73 Å². The van der Waals surface area contributed by atoms with E-state index in [4.69, 9.17) is 38.3 Å². The fraction of sp³-hybridized carbons (Fsp3) is 0.125. The lowest BCUT2D eigenvalue weighted by atomic mass is 10.1. The van der Waals surface area contributed by atoms with E-state index in [-0.39, 0.29) is 11.5 Å². The van der Waals surface area contributed by atoms with Crippen molar-refractivity contribution < 1.29 is 14.2 Å². The molecule has 0 fully saturated rings. The number of carbonyl (C=O) groups excluding carboxylic acids is 1. The highest BCUT2D eigenvalue weighted by Crippen LogP contribution is 2.36. The number of rotatable bonds is 4. The summed E-state index contributed by atoms with van der Waals surface area (Å²) in [6.07, 6.45) is 0. The largest absolute Gasteiger partial charge is 0.384 e. The zero-order chi connectivity index (χ0) is 18.8. The normalized spacial score (nSPS) is 11.6. The molecule has 2 aromatic heterocycles. The average molecular weight is 411 g/mol. The highest BCUT2D eigenvalue weighted by atomic mass is 35.5. The number of nitrogens with two attached hydrogens (primary N) is 1. The van der Waals surface area contributed by atoms with Gasteiger partial charge in [-0.3, -0.25) is 0 Å². The van der Waals surface area contributed by atoms with Crippen molar-refractivity contribution in [1.29, 1.82) is 0 Å². The lowest BCUT2D eigenvalue weighted by molar-refractivity contribution is 0.0510. The van der Waals surface area contributed by atoms with Crippen LogP contribution in [0.1, 0.15) is 26.8 Å². The molecule has 0 radical (unpaired) electrons. The molecule has 134 valence electrons. The monoisotopic (exact) mass is 410 g/mol. The lowest BCUT2D eigenvalue weighted by Crippen LogP contribution is -2.17. The molecule has 3 rings (SSSR count). The van der Waals surface area contributed by atoms with Crippen LogP contribution in [0.15, 0.2) is 33.3 Å². The summed E-state index contributed by atoms with van der Waals surface area (Å²) in [6, 6.07) is 5.03. The van der Waals surface area contributed by atoms with E-state index in [1.807, 2.05) is 0 Å². The van der Waals surface area contributed by atoms with Crippen LogP contribution >= 0.6 is 34.5 Å². The summed E-state index contributed by atoms with van der Waals surface area (Å²) in [6.45, 7) is 3.42. The zero-order valence-electron chi connectivity index (χ0n) is 13.6. The minimum absolute atomic E-state index is 0.102. The molecule has 0 unspecified atom stereocenters. The first-order valence-corrected chi connectivity index (χ1v) is 8.90. The number of halogens is 2. The Kier molecular flexibility index (Phi) is 5.26. The van der Waals surface area contributed by atoms with Crippen molar-refractivity contribution in [3.8, 4) is 11.3 Å². The zero-order valence-corrected chi connectivity index (χ0v) is 15.9. The van der Waals surface area contributed by atoms with Gasteiger partial charge in [-0.15, -0.1) is 11.3 Å². The van der Waals surface area contributed by atoms with Crippen LogP contribution in [-0.2, 0) is 4.84 Å². The summed E-state index contributed by atoms with van der Waals surface area (Å²) < 4.78 is 5.20. The molecular formula is C16H12Cl2N4O3S.